The van der Waals surface area contributed by atoms with Crippen LogP contribution in [0, 0.1) is 6.92 Å². The topological polar surface area (TPSA) is 72.3 Å². The second kappa shape index (κ2) is 8.39. The molecule has 4 rings (SSSR count). The number of pyridine rings is 1. The Kier molecular flexibility index (Phi) is 5.53. The molecule has 1 amide bonds. The number of nitrogens with one attached hydrogen (secondary N) is 1. The Morgan fingerprint density at radius 1 is 1.18 bits per heavy atom. The van der Waals surface area contributed by atoms with Crippen LogP contribution in [0.5, 0.6) is 0 Å². The molecule has 3 heterocycles. The zero-order chi connectivity index (χ0) is 19.3. The summed E-state index contributed by atoms with van der Waals surface area (Å²) in [5.74, 6) is 1.65. The van der Waals surface area contributed by atoms with E-state index in [1.54, 1.807) is 12.3 Å². The highest BCUT2D eigenvalue weighted by Gasteiger charge is 2.19. The van der Waals surface area contributed by atoms with Crippen molar-refractivity contribution in [2.45, 2.75) is 19.9 Å². The number of nitrogens with zero attached hydrogens (tertiary/aromatic N) is 4. The molecule has 0 radical (unpaired) electrons. The van der Waals surface area contributed by atoms with Crippen LogP contribution >= 0.6 is 0 Å². The van der Waals surface area contributed by atoms with Crippen LogP contribution in [0.1, 0.15) is 22.6 Å². The van der Waals surface area contributed by atoms with Crippen molar-refractivity contribution in [1.82, 2.24) is 19.9 Å². The molecule has 146 valence electrons. The highest BCUT2D eigenvalue weighted by Crippen LogP contribution is 2.19. The van der Waals surface area contributed by atoms with Crippen LogP contribution in [-0.4, -0.2) is 53.3 Å². The Morgan fingerprint density at radius 2 is 2.00 bits per heavy atom. The van der Waals surface area contributed by atoms with Gasteiger partial charge in [-0.05, 0) is 37.6 Å². The second-order valence-electron chi connectivity index (χ2n) is 6.88. The summed E-state index contributed by atoms with van der Waals surface area (Å²) < 4.78 is 7.60. The Balaban J connectivity index is 1.37. The second-order valence-corrected chi connectivity index (χ2v) is 6.88. The fraction of sp³-hybridized carbons (Fsp3) is 0.381. The van der Waals surface area contributed by atoms with Gasteiger partial charge in [0.1, 0.15) is 11.6 Å². The van der Waals surface area contributed by atoms with Crippen LogP contribution in [0.3, 0.4) is 0 Å². The van der Waals surface area contributed by atoms with Crippen molar-refractivity contribution in [2.24, 2.45) is 0 Å². The van der Waals surface area contributed by atoms with Crippen LogP contribution in [0.2, 0.25) is 0 Å². The van der Waals surface area contributed by atoms with E-state index >= 15 is 0 Å². The normalized spacial score (nSPS) is 14.4. The van der Waals surface area contributed by atoms with E-state index < -0.39 is 0 Å². The summed E-state index contributed by atoms with van der Waals surface area (Å²) >= 11 is 0. The average molecular weight is 379 g/mol. The Labute approximate surface area is 164 Å². The van der Waals surface area contributed by atoms with Gasteiger partial charge in [0.05, 0.1) is 29.8 Å². The van der Waals surface area contributed by atoms with Crippen LogP contribution in [0.4, 0.5) is 5.82 Å². The molecule has 2 aromatic heterocycles. The van der Waals surface area contributed by atoms with E-state index in [0.29, 0.717) is 25.3 Å². The number of rotatable bonds is 6. The number of carbonyl (C=O) groups is 1. The largest absolute Gasteiger partial charge is 0.378 e. The number of benzene rings is 1. The number of imidazole rings is 1. The fourth-order valence-electron chi connectivity index (χ4n) is 3.61. The first-order valence-corrected chi connectivity index (χ1v) is 9.72. The van der Waals surface area contributed by atoms with Crippen molar-refractivity contribution in [3.05, 3.63) is 54.0 Å². The third-order valence-electron chi connectivity index (χ3n) is 5.03. The molecule has 28 heavy (non-hydrogen) atoms. The van der Waals surface area contributed by atoms with Crippen LogP contribution < -0.4 is 10.2 Å². The number of aryl methyl sites for hydroxylation is 2. The van der Waals surface area contributed by atoms with Crippen LogP contribution in [0.25, 0.3) is 11.0 Å². The highest BCUT2D eigenvalue weighted by atomic mass is 16.5. The van der Waals surface area contributed by atoms with E-state index in [2.05, 4.69) is 30.8 Å². The summed E-state index contributed by atoms with van der Waals surface area (Å²) in [5.41, 5.74) is 2.76. The van der Waals surface area contributed by atoms with Crippen LogP contribution in [-0.2, 0) is 11.3 Å². The van der Waals surface area contributed by atoms with Gasteiger partial charge in [0.2, 0.25) is 0 Å². The molecule has 1 aromatic carbocycles. The molecule has 1 fully saturated rings. The van der Waals surface area contributed by atoms with Crippen molar-refractivity contribution < 1.29 is 9.53 Å². The van der Waals surface area contributed by atoms with Crippen molar-refractivity contribution in [2.75, 3.05) is 37.7 Å². The molecule has 0 aliphatic carbocycles. The molecule has 7 nitrogen and oxygen atoms in total. The minimum Gasteiger partial charge on any atom is -0.378 e. The maximum atomic E-state index is 12.7. The van der Waals surface area contributed by atoms with Gasteiger partial charge < -0.3 is 19.5 Å². The van der Waals surface area contributed by atoms with Gasteiger partial charge in [0.25, 0.3) is 5.91 Å². The Bertz CT molecular complexity index is 962. The summed E-state index contributed by atoms with van der Waals surface area (Å²) in [5, 5.41) is 3.04. The van der Waals surface area contributed by atoms with Gasteiger partial charge in [-0.1, -0.05) is 12.1 Å². The third kappa shape index (κ3) is 3.84. The number of anilines is 1. The van der Waals surface area contributed by atoms with E-state index in [-0.39, 0.29) is 5.91 Å². The summed E-state index contributed by atoms with van der Waals surface area (Å²) in [6, 6.07) is 11.8. The molecule has 0 atom stereocenters. The molecule has 1 N–H and O–H groups in total. The Hall–Kier alpha value is -2.93. The standard InChI is InChI=1S/C21H25N5O2/c1-16-24-18-7-2-3-8-19(18)26(16)11-5-10-23-21(27)17-6-4-9-22-20(17)25-12-14-28-15-13-25/h2-4,6-9H,5,10-15H2,1H3,(H,23,27). The first-order valence-electron chi connectivity index (χ1n) is 9.72. The number of ether oxygens (including phenoxy) is 1. The van der Waals surface area contributed by atoms with Crippen molar-refractivity contribution in [3.63, 3.8) is 0 Å². The SMILES string of the molecule is Cc1nc2ccccc2n1CCCNC(=O)c1cccnc1N1CCOCC1. The summed E-state index contributed by atoms with van der Waals surface area (Å²) in [7, 11) is 0. The van der Waals surface area contributed by atoms with Gasteiger partial charge in [0.15, 0.2) is 0 Å². The number of amides is 1. The number of aromatic nitrogens is 3. The highest BCUT2D eigenvalue weighted by molar-refractivity contribution is 5.98. The van der Waals surface area contributed by atoms with Crippen molar-refractivity contribution in [3.8, 4) is 0 Å². The zero-order valence-corrected chi connectivity index (χ0v) is 16.1. The molecule has 0 bridgehead atoms. The average Bonchev–Trinajstić information content (AvgIpc) is 3.07. The van der Waals surface area contributed by atoms with Crippen LogP contribution in [0.15, 0.2) is 42.6 Å². The first-order chi connectivity index (χ1) is 13.7. The lowest BCUT2D eigenvalue weighted by molar-refractivity contribution is 0.0950. The molecule has 0 spiro atoms. The molecule has 1 saturated heterocycles. The van der Waals surface area contributed by atoms with E-state index in [0.717, 1.165) is 48.7 Å². The van der Waals surface area contributed by atoms with Gasteiger partial charge in [-0.25, -0.2) is 9.97 Å². The fourth-order valence-corrected chi connectivity index (χ4v) is 3.61. The number of para-hydroxylation sites is 2. The Morgan fingerprint density at radius 3 is 2.86 bits per heavy atom. The van der Waals surface area contributed by atoms with E-state index in [4.69, 9.17) is 4.74 Å². The van der Waals surface area contributed by atoms with E-state index in [9.17, 15) is 4.79 Å². The molecule has 7 heteroatoms. The predicted molar refractivity (Wildman–Crippen MR) is 109 cm³/mol. The molecule has 3 aromatic rings. The van der Waals surface area contributed by atoms with Gasteiger partial charge in [0, 0.05) is 32.4 Å². The molecular weight excluding hydrogens is 354 g/mol. The first kappa shape index (κ1) is 18.4. The van der Waals surface area contributed by atoms with E-state index in [1.807, 2.05) is 31.2 Å². The lowest BCUT2D eigenvalue weighted by Gasteiger charge is -2.29. The monoisotopic (exact) mass is 379 g/mol. The number of hydrogen-bond acceptors (Lipinski definition) is 5. The molecule has 1 aliphatic rings. The van der Waals surface area contributed by atoms with Gasteiger partial charge in [-0.2, -0.15) is 0 Å². The maximum absolute atomic E-state index is 12.7. The quantitative estimate of drug-likeness (QED) is 0.666. The predicted octanol–water partition coefficient (Wildman–Crippen LogP) is 2.40. The van der Waals surface area contributed by atoms with Gasteiger partial charge in [-0.15, -0.1) is 0 Å². The lowest BCUT2D eigenvalue weighted by atomic mass is 10.2. The summed E-state index contributed by atoms with van der Waals surface area (Å²) in [4.78, 5) is 23.9. The molecular formula is C21H25N5O2. The molecule has 0 saturated carbocycles. The van der Waals surface area contributed by atoms with Crippen molar-refractivity contribution in [1.29, 1.82) is 0 Å². The third-order valence-corrected chi connectivity index (χ3v) is 5.03. The summed E-state index contributed by atoms with van der Waals surface area (Å²) in [6.07, 6.45) is 2.56. The lowest BCUT2D eigenvalue weighted by Crippen LogP contribution is -2.38. The van der Waals surface area contributed by atoms with Gasteiger partial charge in [-0.3, -0.25) is 4.79 Å². The number of hydrogen-bond donors (Lipinski definition) is 1. The smallest absolute Gasteiger partial charge is 0.255 e. The summed E-state index contributed by atoms with van der Waals surface area (Å²) in [6.45, 7) is 6.27. The van der Waals surface area contributed by atoms with Crippen molar-refractivity contribution >= 4 is 22.8 Å². The minimum atomic E-state index is -0.0817. The number of carbonyl (C=O) groups excluding carboxylic acids is 1. The van der Waals surface area contributed by atoms with Gasteiger partial charge >= 0.3 is 0 Å². The zero-order valence-electron chi connectivity index (χ0n) is 16.1. The minimum absolute atomic E-state index is 0.0817. The van der Waals surface area contributed by atoms with E-state index in [1.165, 1.54) is 0 Å². The number of morpholine rings is 1. The maximum Gasteiger partial charge on any atom is 0.255 e. The number of fused-ring (bicyclic) bond motifs is 1. The molecule has 0 unspecified atom stereocenters. The molecule has 1 aliphatic heterocycles.